The zero-order valence-electron chi connectivity index (χ0n) is 14.3. The van der Waals surface area contributed by atoms with Crippen LogP contribution in [0, 0.1) is 13.8 Å². The molecule has 2 aromatic rings. The Labute approximate surface area is 137 Å². The van der Waals surface area contributed by atoms with Gasteiger partial charge in [-0.15, -0.1) is 0 Å². The van der Waals surface area contributed by atoms with Gasteiger partial charge in [-0.3, -0.25) is 4.79 Å². The highest BCUT2D eigenvalue weighted by molar-refractivity contribution is 5.94. The van der Waals surface area contributed by atoms with E-state index in [1.54, 1.807) is 0 Å². The molecule has 5 heteroatoms. The summed E-state index contributed by atoms with van der Waals surface area (Å²) in [5, 5.41) is 10.3. The molecule has 2 rings (SSSR count). The molecule has 0 aliphatic carbocycles. The molecule has 2 N–H and O–H groups in total. The van der Waals surface area contributed by atoms with Crippen molar-refractivity contribution in [3.8, 4) is 0 Å². The molecule has 1 atom stereocenters. The quantitative estimate of drug-likeness (QED) is 0.823. The van der Waals surface area contributed by atoms with E-state index in [0.29, 0.717) is 18.7 Å². The fourth-order valence-electron chi connectivity index (χ4n) is 2.64. The van der Waals surface area contributed by atoms with E-state index in [0.717, 1.165) is 29.0 Å². The van der Waals surface area contributed by atoms with Gasteiger partial charge in [0.05, 0.1) is 5.69 Å². The SMILES string of the molecule is CCCNC(=O)c1cccc(CNC(C)c2c(C)noc2C)c1. The van der Waals surface area contributed by atoms with Crippen LogP contribution >= 0.6 is 0 Å². The molecule has 1 amide bonds. The van der Waals surface area contributed by atoms with Crippen LogP contribution in [0.15, 0.2) is 28.8 Å². The number of nitrogens with one attached hydrogen (secondary N) is 2. The van der Waals surface area contributed by atoms with Crippen molar-refractivity contribution in [2.75, 3.05) is 6.54 Å². The second-order valence-electron chi connectivity index (χ2n) is 5.80. The minimum Gasteiger partial charge on any atom is -0.361 e. The van der Waals surface area contributed by atoms with Gasteiger partial charge in [-0.05, 0) is 44.9 Å². The lowest BCUT2D eigenvalue weighted by Gasteiger charge is -2.14. The van der Waals surface area contributed by atoms with Crippen molar-refractivity contribution in [1.82, 2.24) is 15.8 Å². The summed E-state index contributed by atoms with van der Waals surface area (Å²) in [6, 6.07) is 7.84. The van der Waals surface area contributed by atoms with Crippen LogP contribution in [-0.4, -0.2) is 17.6 Å². The van der Waals surface area contributed by atoms with E-state index in [2.05, 4.69) is 22.7 Å². The van der Waals surface area contributed by atoms with Crippen LogP contribution in [0.3, 0.4) is 0 Å². The second-order valence-corrected chi connectivity index (χ2v) is 5.80. The van der Waals surface area contributed by atoms with Gasteiger partial charge in [0.15, 0.2) is 0 Å². The van der Waals surface area contributed by atoms with E-state index < -0.39 is 0 Å². The first kappa shape index (κ1) is 17.2. The summed E-state index contributed by atoms with van der Waals surface area (Å²) in [6.07, 6.45) is 0.932. The van der Waals surface area contributed by atoms with Crippen molar-refractivity contribution in [2.24, 2.45) is 0 Å². The topological polar surface area (TPSA) is 67.2 Å². The third-order valence-electron chi connectivity index (χ3n) is 3.86. The molecule has 0 fully saturated rings. The summed E-state index contributed by atoms with van der Waals surface area (Å²) in [7, 11) is 0. The van der Waals surface area contributed by atoms with Gasteiger partial charge in [0.25, 0.3) is 5.91 Å². The average Bonchev–Trinajstić information content (AvgIpc) is 2.89. The van der Waals surface area contributed by atoms with E-state index in [-0.39, 0.29) is 11.9 Å². The number of aromatic nitrogens is 1. The molecule has 1 aromatic heterocycles. The predicted octanol–water partition coefficient (Wildman–Crippen LogP) is 3.28. The molecular formula is C18H25N3O2. The Morgan fingerprint density at radius 2 is 2.13 bits per heavy atom. The predicted molar refractivity (Wildman–Crippen MR) is 90.3 cm³/mol. The summed E-state index contributed by atoms with van der Waals surface area (Å²) in [4.78, 5) is 12.0. The minimum absolute atomic E-state index is 0.0209. The molecule has 0 aliphatic rings. The van der Waals surface area contributed by atoms with Crippen LogP contribution in [0.2, 0.25) is 0 Å². The Balaban J connectivity index is 1.99. The Morgan fingerprint density at radius 1 is 1.35 bits per heavy atom. The summed E-state index contributed by atoms with van der Waals surface area (Å²) >= 11 is 0. The summed E-state index contributed by atoms with van der Waals surface area (Å²) in [6.45, 7) is 9.38. The van der Waals surface area contributed by atoms with Gasteiger partial charge in [-0.1, -0.05) is 24.2 Å². The first-order valence-corrected chi connectivity index (χ1v) is 8.06. The standard InChI is InChI=1S/C18H25N3O2/c1-5-9-19-18(22)16-8-6-7-15(10-16)11-20-12(2)17-13(3)21-23-14(17)4/h6-8,10,12,20H,5,9,11H2,1-4H3,(H,19,22). The van der Waals surface area contributed by atoms with Gasteiger partial charge in [0.1, 0.15) is 5.76 Å². The zero-order valence-corrected chi connectivity index (χ0v) is 14.3. The summed E-state index contributed by atoms with van der Waals surface area (Å²) in [5.41, 5.74) is 3.78. The Morgan fingerprint density at radius 3 is 2.78 bits per heavy atom. The number of amides is 1. The first-order chi connectivity index (χ1) is 11.0. The fourth-order valence-corrected chi connectivity index (χ4v) is 2.64. The lowest BCUT2D eigenvalue weighted by molar-refractivity contribution is 0.0953. The van der Waals surface area contributed by atoms with Crippen molar-refractivity contribution in [2.45, 2.75) is 46.7 Å². The summed E-state index contributed by atoms with van der Waals surface area (Å²) < 4.78 is 5.21. The maximum Gasteiger partial charge on any atom is 0.251 e. The van der Waals surface area contributed by atoms with Gasteiger partial charge in [0, 0.05) is 30.3 Å². The molecule has 0 radical (unpaired) electrons. The van der Waals surface area contributed by atoms with Crippen LogP contribution < -0.4 is 10.6 Å². The lowest BCUT2D eigenvalue weighted by atomic mass is 10.1. The van der Waals surface area contributed by atoms with E-state index >= 15 is 0 Å². The maximum absolute atomic E-state index is 12.0. The molecule has 124 valence electrons. The van der Waals surface area contributed by atoms with E-state index in [1.165, 1.54) is 0 Å². The van der Waals surface area contributed by atoms with Gasteiger partial charge in [-0.2, -0.15) is 0 Å². The average molecular weight is 315 g/mol. The van der Waals surface area contributed by atoms with Crippen LogP contribution in [0.25, 0.3) is 0 Å². The molecule has 5 nitrogen and oxygen atoms in total. The number of aryl methyl sites for hydroxylation is 2. The Kier molecular flexibility index (Phi) is 5.93. The Bertz CT molecular complexity index is 645. The van der Waals surface area contributed by atoms with E-state index in [1.807, 2.05) is 45.0 Å². The molecule has 1 unspecified atom stereocenters. The highest BCUT2D eigenvalue weighted by atomic mass is 16.5. The number of nitrogens with zero attached hydrogens (tertiary/aromatic N) is 1. The third-order valence-corrected chi connectivity index (χ3v) is 3.86. The van der Waals surface area contributed by atoms with E-state index in [4.69, 9.17) is 4.52 Å². The lowest BCUT2D eigenvalue weighted by Crippen LogP contribution is -2.24. The highest BCUT2D eigenvalue weighted by Gasteiger charge is 2.16. The molecule has 1 aromatic carbocycles. The molecule has 0 aliphatic heterocycles. The number of rotatable bonds is 7. The molecule has 1 heterocycles. The van der Waals surface area contributed by atoms with E-state index in [9.17, 15) is 4.79 Å². The number of benzene rings is 1. The molecule has 0 saturated heterocycles. The maximum atomic E-state index is 12.0. The van der Waals surface area contributed by atoms with Crippen LogP contribution in [0.5, 0.6) is 0 Å². The monoisotopic (exact) mass is 315 g/mol. The number of hydrogen-bond donors (Lipinski definition) is 2. The second kappa shape index (κ2) is 7.92. The largest absolute Gasteiger partial charge is 0.361 e. The Hall–Kier alpha value is -2.14. The first-order valence-electron chi connectivity index (χ1n) is 8.06. The van der Waals surface area contributed by atoms with Crippen molar-refractivity contribution < 1.29 is 9.32 Å². The summed E-state index contributed by atoms with van der Waals surface area (Å²) in [5.74, 6) is 0.822. The van der Waals surface area contributed by atoms with Crippen molar-refractivity contribution >= 4 is 5.91 Å². The zero-order chi connectivity index (χ0) is 16.8. The van der Waals surface area contributed by atoms with Crippen LogP contribution in [-0.2, 0) is 6.54 Å². The molecule has 23 heavy (non-hydrogen) atoms. The molecule has 0 spiro atoms. The number of hydrogen-bond acceptors (Lipinski definition) is 4. The molecular weight excluding hydrogens is 290 g/mol. The smallest absolute Gasteiger partial charge is 0.251 e. The van der Waals surface area contributed by atoms with Crippen molar-refractivity contribution in [3.05, 3.63) is 52.4 Å². The highest BCUT2D eigenvalue weighted by Crippen LogP contribution is 2.21. The normalized spacial score (nSPS) is 12.2. The van der Waals surface area contributed by atoms with Gasteiger partial charge < -0.3 is 15.2 Å². The van der Waals surface area contributed by atoms with Crippen LogP contribution in [0.1, 0.15) is 59.2 Å². The fraction of sp³-hybridized carbons (Fsp3) is 0.444. The minimum atomic E-state index is -0.0209. The van der Waals surface area contributed by atoms with Gasteiger partial charge >= 0.3 is 0 Å². The van der Waals surface area contributed by atoms with Gasteiger partial charge in [-0.25, -0.2) is 0 Å². The molecule has 0 saturated carbocycles. The van der Waals surface area contributed by atoms with Crippen LogP contribution in [0.4, 0.5) is 0 Å². The van der Waals surface area contributed by atoms with Crippen molar-refractivity contribution in [1.29, 1.82) is 0 Å². The number of carbonyl (C=O) groups excluding carboxylic acids is 1. The van der Waals surface area contributed by atoms with Gasteiger partial charge in [0.2, 0.25) is 0 Å². The third kappa shape index (κ3) is 4.42. The molecule has 0 bridgehead atoms. The van der Waals surface area contributed by atoms with Crippen molar-refractivity contribution in [3.63, 3.8) is 0 Å². The number of carbonyl (C=O) groups is 1.